The van der Waals surface area contributed by atoms with Crippen LogP contribution in [0.1, 0.15) is 12.0 Å². The topological polar surface area (TPSA) is 69.4 Å². The Bertz CT molecular complexity index is 905. The molecule has 0 atom stereocenters. The van der Waals surface area contributed by atoms with Crippen LogP contribution in [-0.4, -0.2) is 30.9 Å². The number of fused-ring (bicyclic) bond motifs is 1. The molecule has 0 unspecified atom stereocenters. The van der Waals surface area contributed by atoms with Crippen LogP contribution in [0.2, 0.25) is 0 Å². The van der Waals surface area contributed by atoms with E-state index in [-0.39, 0.29) is 0 Å². The zero-order chi connectivity index (χ0) is 17.2. The minimum Gasteiger partial charge on any atom is -0.493 e. The second-order valence-corrected chi connectivity index (χ2v) is 5.85. The lowest BCUT2D eigenvalue weighted by atomic mass is 9.97. The summed E-state index contributed by atoms with van der Waals surface area (Å²) in [6.45, 7) is 0.997. The summed E-state index contributed by atoms with van der Waals surface area (Å²) in [5, 5.41) is 7.56. The van der Waals surface area contributed by atoms with E-state index in [1.54, 1.807) is 14.2 Å². The fourth-order valence-corrected chi connectivity index (χ4v) is 3.14. The van der Waals surface area contributed by atoms with E-state index in [0.29, 0.717) is 23.2 Å². The molecule has 2 heterocycles. The predicted molar refractivity (Wildman–Crippen MR) is 95.1 cm³/mol. The zero-order valence-corrected chi connectivity index (χ0v) is 14.2. The smallest absolute Gasteiger partial charge is 0.258 e. The normalized spacial score (nSPS) is 13.0. The van der Waals surface area contributed by atoms with Gasteiger partial charge in [-0.25, -0.2) is 0 Å². The van der Waals surface area contributed by atoms with Gasteiger partial charge >= 0.3 is 0 Å². The highest BCUT2D eigenvalue weighted by Crippen LogP contribution is 2.34. The number of hydrogen-bond acceptors (Lipinski definition) is 6. The molecule has 0 amide bonds. The van der Waals surface area contributed by atoms with Crippen LogP contribution in [-0.2, 0) is 6.42 Å². The Morgan fingerprint density at radius 3 is 2.80 bits per heavy atom. The Hall–Kier alpha value is -3.02. The van der Waals surface area contributed by atoms with E-state index in [2.05, 4.69) is 21.5 Å². The number of nitrogens with zero attached hydrogens (tertiary/aromatic N) is 2. The number of rotatable bonds is 4. The lowest BCUT2D eigenvalue weighted by Gasteiger charge is -2.19. The van der Waals surface area contributed by atoms with Crippen molar-refractivity contribution in [2.45, 2.75) is 12.8 Å². The number of ether oxygens (including phenoxy) is 2. The van der Waals surface area contributed by atoms with E-state index in [0.717, 1.165) is 36.2 Å². The first-order valence-corrected chi connectivity index (χ1v) is 8.22. The third-order valence-electron chi connectivity index (χ3n) is 4.39. The average Bonchev–Trinajstić information content (AvgIpc) is 3.17. The first-order chi connectivity index (χ1) is 12.3. The largest absolute Gasteiger partial charge is 0.493 e. The summed E-state index contributed by atoms with van der Waals surface area (Å²) in [5.74, 6) is 2.36. The van der Waals surface area contributed by atoms with E-state index >= 15 is 0 Å². The maximum absolute atomic E-state index is 5.54. The molecule has 6 heteroatoms. The molecular formula is C19H19N3O3. The molecule has 1 N–H and O–H groups in total. The summed E-state index contributed by atoms with van der Waals surface area (Å²) in [4.78, 5) is 4.59. The van der Waals surface area contributed by atoms with Gasteiger partial charge in [-0.2, -0.15) is 4.98 Å². The third-order valence-corrected chi connectivity index (χ3v) is 4.39. The minimum atomic E-state index is 0.525. The van der Waals surface area contributed by atoms with Gasteiger partial charge in [0.1, 0.15) is 0 Å². The molecule has 2 aromatic carbocycles. The first-order valence-electron chi connectivity index (χ1n) is 8.22. The number of hydrogen-bond donors (Lipinski definition) is 1. The molecule has 1 aromatic heterocycles. The molecule has 0 aliphatic carbocycles. The molecule has 0 saturated carbocycles. The fourth-order valence-electron chi connectivity index (χ4n) is 3.14. The van der Waals surface area contributed by atoms with Gasteiger partial charge in [0, 0.05) is 23.4 Å². The van der Waals surface area contributed by atoms with Crippen LogP contribution in [0.4, 0.5) is 5.69 Å². The molecule has 25 heavy (non-hydrogen) atoms. The summed E-state index contributed by atoms with van der Waals surface area (Å²) < 4.78 is 16.2. The summed E-state index contributed by atoms with van der Waals surface area (Å²) in [5.41, 5.74) is 4.19. The number of benzene rings is 2. The van der Waals surface area contributed by atoms with Crippen LogP contribution < -0.4 is 14.8 Å². The molecule has 0 spiro atoms. The second-order valence-electron chi connectivity index (χ2n) is 5.85. The fraction of sp³-hybridized carbons (Fsp3) is 0.263. The zero-order valence-electron chi connectivity index (χ0n) is 14.2. The van der Waals surface area contributed by atoms with Gasteiger partial charge in [-0.3, -0.25) is 0 Å². The Morgan fingerprint density at radius 1 is 1.08 bits per heavy atom. The van der Waals surface area contributed by atoms with Crippen LogP contribution in [0.15, 0.2) is 40.9 Å². The Balaban J connectivity index is 1.72. The van der Waals surface area contributed by atoms with Crippen LogP contribution >= 0.6 is 0 Å². The number of anilines is 1. The van der Waals surface area contributed by atoms with Gasteiger partial charge in [-0.05, 0) is 48.7 Å². The van der Waals surface area contributed by atoms with Gasteiger partial charge in [0.15, 0.2) is 11.5 Å². The first kappa shape index (κ1) is 15.5. The molecular weight excluding hydrogens is 318 g/mol. The molecule has 1 aliphatic rings. The number of aromatic nitrogens is 2. The Kier molecular flexibility index (Phi) is 4.01. The molecule has 0 saturated heterocycles. The Labute approximate surface area is 145 Å². The van der Waals surface area contributed by atoms with Crippen LogP contribution in [0, 0.1) is 0 Å². The van der Waals surface area contributed by atoms with Crippen molar-refractivity contribution in [3.05, 3.63) is 42.0 Å². The van der Waals surface area contributed by atoms with Gasteiger partial charge in [0.25, 0.3) is 5.89 Å². The van der Waals surface area contributed by atoms with Crippen molar-refractivity contribution < 1.29 is 14.0 Å². The van der Waals surface area contributed by atoms with Gasteiger partial charge in [-0.15, -0.1) is 0 Å². The maximum Gasteiger partial charge on any atom is 0.258 e. The minimum absolute atomic E-state index is 0.525. The van der Waals surface area contributed by atoms with Crippen LogP contribution in [0.25, 0.3) is 22.8 Å². The van der Waals surface area contributed by atoms with Crippen molar-refractivity contribution in [3.8, 4) is 34.3 Å². The number of nitrogens with one attached hydrogen (secondary N) is 1. The van der Waals surface area contributed by atoms with Crippen molar-refractivity contribution in [2.24, 2.45) is 0 Å². The molecule has 0 radical (unpaired) electrons. The van der Waals surface area contributed by atoms with E-state index < -0.39 is 0 Å². The summed E-state index contributed by atoms with van der Waals surface area (Å²) in [6.07, 6.45) is 2.10. The SMILES string of the molecule is COc1ccc(-c2noc(-c3cccc4c3CCCN4)n2)cc1OC. The molecule has 4 rings (SSSR count). The maximum atomic E-state index is 5.54. The van der Waals surface area contributed by atoms with Crippen molar-refractivity contribution >= 4 is 5.69 Å². The highest BCUT2D eigenvalue weighted by molar-refractivity contribution is 5.71. The van der Waals surface area contributed by atoms with E-state index in [9.17, 15) is 0 Å². The van der Waals surface area contributed by atoms with Gasteiger partial charge in [-0.1, -0.05) is 11.2 Å². The lowest BCUT2D eigenvalue weighted by Crippen LogP contribution is -2.12. The van der Waals surface area contributed by atoms with Gasteiger partial charge < -0.3 is 19.3 Å². The summed E-state index contributed by atoms with van der Waals surface area (Å²) >= 11 is 0. The van der Waals surface area contributed by atoms with E-state index in [1.807, 2.05) is 30.3 Å². The summed E-state index contributed by atoms with van der Waals surface area (Å²) in [7, 11) is 3.21. The molecule has 128 valence electrons. The second kappa shape index (κ2) is 6.47. The van der Waals surface area contributed by atoms with Crippen molar-refractivity contribution in [1.82, 2.24) is 10.1 Å². The molecule has 0 bridgehead atoms. The van der Waals surface area contributed by atoms with Crippen LogP contribution in [0.5, 0.6) is 11.5 Å². The molecule has 1 aliphatic heterocycles. The monoisotopic (exact) mass is 337 g/mol. The molecule has 3 aromatic rings. The number of methoxy groups -OCH3 is 2. The highest BCUT2D eigenvalue weighted by Gasteiger charge is 2.19. The van der Waals surface area contributed by atoms with E-state index in [1.165, 1.54) is 5.56 Å². The van der Waals surface area contributed by atoms with E-state index in [4.69, 9.17) is 14.0 Å². The van der Waals surface area contributed by atoms with Gasteiger partial charge in [0.2, 0.25) is 5.82 Å². The highest BCUT2D eigenvalue weighted by atomic mass is 16.5. The lowest BCUT2D eigenvalue weighted by molar-refractivity contribution is 0.355. The quantitative estimate of drug-likeness (QED) is 0.781. The van der Waals surface area contributed by atoms with Crippen molar-refractivity contribution in [1.29, 1.82) is 0 Å². The predicted octanol–water partition coefficient (Wildman–Crippen LogP) is 3.78. The van der Waals surface area contributed by atoms with Crippen molar-refractivity contribution in [3.63, 3.8) is 0 Å². The van der Waals surface area contributed by atoms with Crippen LogP contribution in [0.3, 0.4) is 0 Å². The molecule has 0 fully saturated rings. The van der Waals surface area contributed by atoms with Crippen molar-refractivity contribution in [2.75, 3.05) is 26.1 Å². The Morgan fingerprint density at radius 2 is 1.96 bits per heavy atom. The molecule has 6 nitrogen and oxygen atoms in total. The standard InChI is InChI=1S/C19H19N3O3/c1-23-16-9-8-12(11-17(16)24-2)18-21-19(25-22-18)14-5-3-7-15-13(14)6-4-10-20-15/h3,5,7-9,11,20H,4,6,10H2,1-2H3. The van der Waals surface area contributed by atoms with Gasteiger partial charge in [0.05, 0.1) is 14.2 Å². The average molecular weight is 337 g/mol. The summed E-state index contributed by atoms with van der Waals surface area (Å²) in [6, 6.07) is 11.7. The third kappa shape index (κ3) is 2.80.